The number of hydrogen-bond acceptors (Lipinski definition) is 2. The Morgan fingerprint density at radius 2 is 2.00 bits per heavy atom. The lowest BCUT2D eigenvalue weighted by Crippen LogP contribution is -2.19. The summed E-state index contributed by atoms with van der Waals surface area (Å²) in [6.45, 7) is 7.48. The summed E-state index contributed by atoms with van der Waals surface area (Å²) in [7, 11) is 0. The summed E-state index contributed by atoms with van der Waals surface area (Å²) in [6.07, 6.45) is 0. The highest BCUT2D eigenvalue weighted by Crippen LogP contribution is 2.24. The number of nitrogens with one attached hydrogen (secondary N) is 1. The lowest BCUT2D eigenvalue weighted by atomic mass is 9.97. The Morgan fingerprint density at radius 3 is 2.57 bits per heavy atom. The molecular weight excluding hydrogens is 240 g/mol. The zero-order chi connectivity index (χ0) is 10.8. The molecule has 0 spiro atoms. The van der Waals surface area contributed by atoms with E-state index in [1.165, 1.54) is 0 Å². The minimum atomic E-state index is 0.259. The molecule has 0 saturated heterocycles. The maximum Gasteiger partial charge on any atom is 0.0585 e. The summed E-state index contributed by atoms with van der Waals surface area (Å²) in [6, 6.07) is 5.84. The molecule has 0 bridgehead atoms. The monoisotopic (exact) mass is 256 g/mol. The molecule has 1 rings (SSSR count). The van der Waals surface area contributed by atoms with Crippen LogP contribution >= 0.6 is 15.9 Å². The SMILES string of the molecule is CC(C)(C)CNc1cc(Br)ccc1N. The first-order chi connectivity index (χ1) is 6.38. The molecular formula is C11H17BrN2. The molecule has 0 aliphatic heterocycles. The molecule has 3 heteroatoms. The van der Waals surface area contributed by atoms with E-state index >= 15 is 0 Å². The van der Waals surface area contributed by atoms with Crippen LogP contribution in [0.2, 0.25) is 0 Å². The maximum atomic E-state index is 5.84. The average molecular weight is 257 g/mol. The van der Waals surface area contributed by atoms with Crippen LogP contribution in [0.4, 0.5) is 11.4 Å². The van der Waals surface area contributed by atoms with Crippen LogP contribution in [0.5, 0.6) is 0 Å². The summed E-state index contributed by atoms with van der Waals surface area (Å²) in [5, 5.41) is 3.34. The van der Waals surface area contributed by atoms with Gasteiger partial charge in [0.2, 0.25) is 0 Å². The summed E-state index contributed by atoms with van der Waals surface area (Å²) >= 11 is 3.42. The quantitative estimate of drug-likeness (QED) is 0.796. The molecule has 14 heavy (non-hydrogen) atoms. The van der Waals surface area contributed by atoms with E-state index in [-0.39, 0.29) is 5.41 Å². The molecule has 78 valence electrons. The van der Waals surface area contributed by atoms with E-state index in [4.69, 9.17) is 5.73 Å². The highest BCUT2D eigenvalue weighted by molar-refractivity contribution is 9.10. The molecule has 0 heterocycles. The van der Waals surface area contributed by atoms with E-state index < -0.39 is 0 Å². The van der Waals surface area contributed by atoms with Crippen LogP contribution in [-0.4, -0.2) is 6.54 Å². The number of hydrogen-bond donors (Lipinski definition) is 2. The molecule has 2 nitrogen and oxygen atoms in total. The first kappa shape index (κ1) is 11.4. The van der Waals surface area contributed by atoms with Crippen molar-refractivity contribution in [2.75, 3.05) is 17.6 Å². The van der Waals surface area contributed by atoms with E-state index in [1.807, 2.05) is 18.2 Å². The van der Waals surface area contributed by atoms with Crippen molar-refractivity contribution in [3.8, 4) is 0 Å². The van der Waals surface area contributed by atoms with Gasteiger partial charge < -0.3 is 11.1 Å². The predicted molar refractivity (Wildman–Crippen MR) is 66.5 cm³/mol. The van der Waals surface area contributed by atoms with Crippen molar-refractivity contribution in [2.24, 2.45) is 5.41 Å². The van der Waals surface area contributed by atoms with Crippen LogP contribution in [0, 0.1) is 5.41 Å². The van der Waals surface area contributed by atoms with Crippen LogP contribution in [0.1, 0.15) is 20.8 Å². The van der Waals surface area contributed by atoms with Gasteiger partial charge in [-0.25, -0.2) is 0 Å². The Bertz CT molecular complexity index is 316. The summed E-state index contributed by atoms with van der Waals surface area (Å²) in [5.41, 5.74) is 7.88. The maximum absolute atomic E-state index is 5.84. The van der Waals surface area contributed by atoms with E-state index in [1.54, 1.807) is 0 Å². The predicted octanol–water partition coefficient (Wildman–Crippen LogP) is 3.49. The van der Waals surface area contributed by atoms with Gasteiger partial charge in [0.05, 0.1) is 11.4 Å². The van der Waals surface area contributed by atoms with Crippen LogP contribution in [-0.2, 0) is 0 Å². The summed E-state index contributed by atoms with van der Waals surface area (Å²) < 4.78 is 1.04. The standard InChI is InChI=1S/C11H17BrN2/c1-11(2,3)7-14-10-6-8(12)4-5-9(10)13/h4-6,14H,7,13H2,1-3H3. The minimum Gasteiger partial charge on any atom is -0.397 e. The minimum absolute atomic E-state index is 0.259. The van der Waals surface area contributed by atoms with Gasteiger partial charge in [0.15, 0.2) is 0 Å². The van der Waals surface area contributed by atoms with Crippen molar-refractivity contribution in [1.82, 2.24) is 0 Å². The van der Waals surface area contributed by atoms with Crippen molar-refractivity contribution < 1.29 is 0 Å². The molecule has 0 saturated carbocycles. The Hall–Kier alpha value is -0.700. The molecule has 1 aromatic rings. The normalized spacial score (nSPS) is 11.4. The summed E-state index contributed by atoms with van der Waals surface area (Å²) in [4.78, 5) is 0. The lowest BCUT2D eigenvalue weighted by Gasteiger charge is -2.20. The highest BCUT2D eigenvalue weighted by Gasteiger charge is 2.10. The fourth-order valence-corrected chi connectivity index (χ4v) is 1.40. The Balaban J connectivity index is 2.72. The number of rotatable bonds is 2. The van der Waals surface area contributed by atoms with Gasteiger partial charge in [0.25, 0.3) is 0 Å². The Kier molecular flexibility index (Phi) is 3.43. The van der Waals surface area contributed by atoms with Gasteiger partial charge in [-0.3, -0.25) is 0 Å². The molecule has 0 aliphatic rings. The Labute approximate surface area is 94.0 Å². The van der Waals surface area contributed by atoms with Crippen molar-refractivity contribution in [3.63, 3.8) is 0 Å². The molecule has 0 fully saturated rings. The van der Waals surface area contributed by atoms with Gasteiger partial charge >= 0.3 is 0 Å². The van der Waals surface area contributed by atoms with E-state index in [2.05, 4.69) is 42.0 Å². The molecule has 0 aromatic heterocycles. The van der Waals surface area contributed by atoms with E-state index in [9.17, 15) is 0 Å². The molecule has 0 aliphatic carbocycles. The van der Waals surface area contributed by atoms with Gasteiger partial charge in [0.1, 0.15) is 0 Å². The fraction of sp³-hybridized carbons (Fsp3) is 0.455. The number of nitrogen functional groups attached to an aromatic ring is 1. The molecule has 0 radical (unpaired) electrons. The molecule has 3 N–H and O–H groups in total. The van der Waals surface area contributed by atoms with Crippen molar-refractivity contribution >= 4 is 27.3 Å². The number of nitrogens with two attached hydrogens (primary N) is 1. The third-order valence-corrected chi connectivity index (χ3v) is 2.32. The topological polar surface area (TPSA) is 38.0 Å². The highest BCUT2D eigenvalue weighted by atomic mass is 79.9. The smallest absolute Gasteiger partial charge is 0.0585 e. The first-order valence-corrected chi connectivity index (χ1v) is 5.47. The van der Waals surface area contributed by atoms with Gasteiger partial charge in [-0.2, -0.15) is 0 Å². The molecule has 0 amide bonds. The van der Waals surface area contributed by atoms with Crippen molar-refractivity contribution in [3.05, 3.63) is 22.7 Å². The van der Waals surface area contributed by atoms with Crippen molar-refractivity contribution in [1.29, 1.82) is 0 Å². The zero-order valence-corrected chi connectivity index (χ0v) is 10.5. The van der Waals surface area contributed by atoms with Crippen molar-refractivity contribution in [2.45, 2.75) is 20.8 Å². The van der Waals surface area contributed by atoms with Gasteiger partial charge in [-0.05, 0) is 23.6 Å². The second-order valence-corrected chi connectivity index (χ2v) is 5.56. The number of halogens is 1. The average Bonchev–Trinajstić information content (AvgIpc) is 2.05. The Morgan fingerprint density at radius 1 is 1.36 bits per heavy atom. The van der Waals surface area contributed by atoms with E-state index in [0.29, 0.717) is 0 Å². The summed E-state index contributed by atoms with van der Waals surface area (Å²) in [5.74, 6) is 0. The zero-order valence-electron chi connectivity index (χ0n) is 8.89. The second-order valence-electron chi connectivity index (χ2n) is 4.65. The molecule has 0 unspecified atom stereocenters. The van der Waals surface area contributed by atoms with Gasteiger partial charge in [-0.1, -0.05) is 36.7 Å². The molecule has 1 aromatic carbocycles. The third-order valence-electron chi connectivity index (χ3n) is 1.82. The number of anilines is 2. The largest absolute Gasteiger partial charge is 0.397 e. The van der Waals surface area contributed by atoms with Gasteiger partial charge in [-0.15, -0.1) is 0 Å². The second kappa shape index (κ2) is 4.22. The van der Waals surface area contributed by atoms with Crippen LogP contribution in [0.15, 0.2) is 22.7 Å². The third kappa shape index (κ3) is 3.58. The van der Waals surface area contributed by atoms with E-state index in [0.717, 1.165) is 22.4 Å². The fourth-order valence-electron chi connectivity index (χ4n) is 1.04. The lowest BCUT2D eigenvalue weighted by molar-refractivity contribution is 0.443. The van der Waals surface area contributed by atoms with Crippen LogP contribution in [0.25, 0.3) is 0 Å². The molecule has 0 atom stereocenters. The number of benzene rings is 1. The van der Waals surface area contributed by atoms with Gasteiger partial charge in [0, 0.05) is 11.0 Å². The van der Waals surface area contributed by atoms with Crippen LogP contribution < -0.4 is 11.1 Å². The van der Waals surface area contributed by atoms with Crippen LogP contribution in [0.3, 0.4) is 0 Å². The first-order valence-electron chi connectivity index (χ1n) is 4.67.